The minimum atomic E-state index is 0.954. The highest BCUT2D eigenvalue weighted by atomic mass is 14.8. The van der Waals surface area contributed by atoms with Crippen LogP contribution in [0.3, 0.4) is 0 Å². The number of hydrogen-bond acceptors (Lipinski definition) is 2. The first-order chi connectivity index (χ1) is 12.3. The van der Waals surface area contributed by atoms with Crippen LogP contribution >= 0.6 is 0 Å². The number of pyridine rings is 1. The average Bonchev–Trinajstić information content (AvgIpc) is 2.64. The van der Waals surface area contributed by atoms with E-state index in [0.717, 1.165) is 32.2 Å². The first-order valence-electron chi connectivity index (χ1n) is 9.65. The summed E-state index contributed by atoms with van der Waals surface area (Å²) in [6.45, 7) is 9.24. The van der Waals surface area contributed by atoms with Gasteiger partial charge in [-0.2, -0.15) is 0 Å². The molecule has 0 unspecified atom stereocenters. The Bertz CT molecular complexity index is 647. The van der Waals surface area contributed by atoms with Crippen LogP contribution in [0.15, 0.2) is 49.4 Å². The van der Waals surface area contributed by atoms with Gasteiger partial charge < -0.3 is 5.32 Å². The molecule has 0 saturated heterocycles. The second-order valence-corrected chi connectivity index (χ2v) is 6.62. The molecule has 25 heavy (non-hydrogen) atoms. The maximum Gasteiger partial charge on any atom is 0.0299 e. The first kappa shape index (κ1) is 19.2. The summed E-state index contributed by atoms with van der Waals surface area (Å²) in [5.41, 5.74) is 7.41. The van der Waals surface area contributed by atoms with E-state index >= 15 is 0 Å². The summed E-state index contributed by atoms with van der Waals surface area (Å²) >= 11 is 0. The van der Waals surface area contributed by atoms with Crippen molar-refractivity contribution in [3.05, 3.63) is 77.3 Å². The van der Waals surface area contributed by atoms with E-state index in [2.05, 4.69) is 48.9 Å². The van der Waals surface area contributed by atoms with Gasteiger partial charge in [0.2, 0.25) is 0 Å². The SMILES string of the molecule is C=CNCCc1cc(CC)c(CCC)cc1CCCc1cccnc1. The number of nitrogens with one attached hydrogen (secondary N) is 1. The van der Waals surface area contributed by atoms with Gasteiger partial charge in [-0.25, -0.2) is 0 Å². The quantitative estimate of drug-likeness (QED) is 0.581. The van der Waals surface area contributed by atoms with Gasteiger partial charge in [-0.3, -0.25) is 4.98 Å². The zero-order chi connectivity index (χ0) is 17.9. The van der Waals surface area contributed by atoms with E-state index in [9.17, 15) is 0 Å². The lowest BCUT2D eigenvalue weighted by Crippen LogP contribution is -2.11. The Hall–Kier alpha value is -2.09. The van der Waals surface area contributed by atoms with Gasteiger partial charge in [0, 0.05) is 18.9 Å². The third kappa shape index (κ3) is 6.04. The molecule has 0 atom stereocenters. The van der Waals surface area contributed by atoms with Gasteiger partial charge in [-0.05, 0) is 78.6 Å². The number of aromatic nitrogens is 1. The maximum atomic E-state index is 4.22. The summed E-state index contributed by atoms with van der Waals surface area (Å²) < 4.78 is 0. The zero-order valence-electron chi connectivity index (χ0n) is 15.9. The van der Waals surface area contributed by atoms with Crippen molar-refractivity contribution in [2.45, 2.75) is 58.8 Å². The van der Waals surface area contributed by atoms with E-state index in [1.54, 1.807) is 11.8 Å². The topological polar surface area (TPSA) is 24.9 Å². The number of aryl methyl sites for hydroxylation is 4. The number of nitrogens with zero attached hydrogens (tertiary/aromatic N) is 1. The Morgan fingerprint density at radius 3 is 2.44 bits per heavy atom. The molecule has 2 aromatic rings. The van der Waals surface area contributed by atoms with Crippen LogP contribution in [0.4, 0.5) is 0 Å². The molecule has 0 aliphatic rings. The molecule has 0 bridgehead atoms. The molecule has 2 rings (SSSR count). The highest BCUT2D eigenvalue weighted by Gasteiger charge is 2.09. The van der Waals surface area contributed by atoms with Crippen molar-refractivity contribution in [1.82, 2.24) is 10.3 Å². The van der Waals surface area contributed by atoms with Crippen LogP contribution in [0.2, 0.25) is 0 Å². The van der Waals surface area contributed by atoms with Crippen LogP contribution < -0.4 is 5.32 Å². The normalized spacial score (nSPS) is 10.6. The van der Waals surface area contributed by atoms with Crippen LogP contribution in [0.25, 0.3) is 0 Å². The summed E-state index contributed by atoms with van der Waals surface area (Å²) in [6, 6.07) is 9.13. The molecular weight excluding hydrogens is 304 g/mol. The van der Waals surface area contributed by atoms with Gasteiger partial charge >= 0.3 is 0 Å². The molecule has 1 aromatic heterocycles. The van der Waals surface area contributed by atoms with E-state index in [1.807, 2.05) is 18.5 Å². The minimum Gasteiger partial charge on any atom is -0.391 e. The smallest absolute Gasteiger partial charge is 0.0299 e. The largest absolute Gasteiger partial charge is 0.391 e. The molecule has 0 radical (unpaired) electrons. The lowest BCUT2D eigenvalue weighted by molar-refractivity contribution is 0.779. The van der Waals surface area contributed by atoms with Gasteiger partial charge in [0.05, 0.1) is 0 Å². The Morgan fingerprint density at radius 1 is 1.00 bits per heavy atom. The van der Waals surface area contributed by atoms with Crippen LogP contribution in [0, 0.1) is 0 Å². The van der Waals surface area contributed by atoms with Crippen LogP contribution in [0.1, 0.15) is 54.5 Å². The van der Waals surface area contributed by atoms with Gasteiger partial charge in [0.15, 0.2) is 0 Å². The lowest BCUT2D eigenvalue weighted by atomic mass is 9.90. The minimum absolute atomic E-state index is 0.954. The summed E-state index contributed by atoms with van der Waals surface area (Å²) in [5, 5.41) is 3.24. The van der Waals surface area contributed by atoms with Crippen molar-refractivity contribution < 1.29 is 0 Å². The number of benzene rings is 1. The van der Waals surface area contributed by atoms with Crippen molar-refractivity contribution in [2.75, 3.05) is 6.54 Å². The van der Waals surface area contributed by atoms with Crippen molar-refractivity contribution in [1.29, 1.82) is 0 Å². The van der Waals surface area contributed by atoms with E-state index in [1.165, 1.54) is 41.5 Å². The monoisotopic (exact) mass is 336 g/mol. The van der Waals surface area contributed by atoms with Crippen LogP contribution in [-0.2, 0) is 32.1 Å². The molecule has 1 heterocycles. The number of hydrogen-bond donors (Lipinski definition) is 1. The summed E-state index contributed by atoms with van der Waals surface area (Å²) in [7, 11) is 0. The summed E-state index contributed by atoms with van der Waals surface area (Å²) in [6.07, 6.45) is 13.6. The fourth-order valence-corrected chi connectivity index (χ4v) is 3.43. The zero-order valence-corrected chi connectivity index (χ0v) is 15.9. The molecule has 0 amide bonds. The first-order valence-corrected chi connectivity index (χ1v) is 9.65. The molecule has 1 N–H and O–H groups in total. The highest BCUT2D eigenvalue weighted by molar-refractivity contribution is 5.39. The molecule has 0 fully saturated rings. The average molecular weight is 337 g/mol. The predicted octanol–water partition coefficient (Wildman–Crippen LogP) is 5.05. The van der Waals surface area contributed by atoms with E-state index in [-0.39, 0.29) is 0 Å². The molecule has 134 valence electrons. The highest BCUT2D eigenvalue weighted by Crippen LogP contribution is 2.22. The van der Waals surface area contributed by atoms with Crippen LogP contribution in [0.5, 0.6) is 0 Å². The second-order valence-electron chi connectivity index (χ2n) is 6.62. The van der Waals surface area contributed by atoms with Gasteiger partial charge in [-0.1, -0.05) is 45.0 Å². The molecule has 2 heteroatoms. The van der Waals surface area contributed by atoms with Crippen molar-refractivity contribution >= 4 is 0 Å². The maximum absolute atomic E-state index is 4.22. The standard InChI is InChI=1S/C23H32N2/c1-4-9-21-17-22(12-7-10-19-11-8-14-25-18-19)23(13-15-24-6-3)16-20(21)5-2/h6,8,11,14,16-18,24H,3-5,7,9-10,12-13,15H2,1-2H3. The predicted molar refractivity (Wildman–Crippen MR) is 108 cm³/mol. The van der Waals surface area contributed by atoms with E-state index in [4.69, 9.17) is 0 Å². The van der Waals surface area contributed by atoms with Crippen LogP contribution in [-0.4, -0.2) is 11.5 Å². The Balaban J connectivity index is 2.13. The van der Waals surface area contributed by atoms with Crippen molar-refractivity contribution in [2.24, 2.45) is 0 Å². The Labute approximate surface area is 153 Å². The Morgan fingerprint density at radius 2 is 1.76 bits per heavy atom. The van der Waals surface area contributed by atoms with Gasteiger partial charge in [-0.15, -0.1) is 0 Å². The van der Waals surface area contributed by atoms with E-state index < -0.39 is 0 Å². The molecule has 2 nitrogen and oxygen atoms in total. The Kier molecular flexibility index (Phi) is 8.24. The third-order valence-corrected chi connectivity index (χ3v) is 4.74. The molecule has 0 spiro atoms. The molecular formula is C23H32N2. The van der Waals surface area contributed by atoms with E-state index in [0.29, 0.717) is 0 Å². The van der Waals surface area contributed by atoms with Crippen molar-refractivity contribution in [3.8, 4) is 0 Å². The van der Waals surface area contributed by atoms with Gasteiger partial charge in [0.1, 0.15) is 0 Å². The molecule has 0 aliphatic carbocycles. The second kappa shape index (κ2) is 10.7. The molecule has 0 aliphatic heterocycles. The third-order valence-electron chi connectivity index (χ3n) is 4.74. The fraction of sp³-hybridized carbons (Fsp3) is 0.435. The number of rotatable bonds is 11. The molecule has 0 saturated carbocycles. The van der Waals surface area contributed by atoms with Crippen molar-refractivity contribution in [3.63, 3.8) is 0 Å². The summed E-state index contributed by atoms with van der Waals surface area (Å²) in [5.74, 6) is 0. The molecule has 1 aromatic carbocycles. The fourth-order valence-electron chi connectivity index (χ4n) is 3.43. The van der Waals surface area contributed by atoms with Gasteiger partial charge in [0.25, 0.3) is 0 Å². The summed E-state index contributed by atoms with van der Waals surface area (Å²) in [4.78, 5) is 4.22. The lowest BCUT2D eigenvalue weighted by Gasteiger charge is -2.16.